The molecule has 0 amide bonds. The molecular formula is C15H20N2. The fourth-order valence-corrected chi connectivity index (χ4v) is 2.03. The summed E-state index contributed by atoms with van der Waals surface area (Å²) in [6.45, 7) is 3.07. The van der Waals surface area contributed by atoms with Crippen LogP contribution in [0.2, 0.25) is 0 Å². The van der Waals surface area contributed by atoms with Crippen LogP contribution >= 0.6 is 0 Å². The van der Waals surface area contributed by atoms with Gasteiger partial charge in [-0.2, -0.15) is 0 Å². The van der Waals surface area contributed by atoms with Crippen LogP contribution in [0.5, 0.6) is 0 Å². The summed E-state index contributed by atoms with van der Waals surface area (Å²) >= 11 is 0. The van der Waals surface area contributed by atoms with E-state index in [0.717, 1.165) is 19.4 Å². The smallest absolute Gasteiger partial charge is 0.0260 e. The normalized spacial score (nSPS) is 12.6. The third kappa shape index (κ3) is 3.75. The number of nitrogens with zero attached hydrogens (tertiary/aromatic N) is 1. The third-order valence-electron chi connectivity index (χ3n) is 2.87. The Bertz CT molecular complexity index is 443. The van der Waals surface area contributed by atoms with E-state index < -0.39 is 0 Å². The van der Waals surface area contributed by atoms with E-state index in [1.165, 1.54) is 11.1 Å². The summed E-state index contributed by atoms with van der Waals surface area (Å²) in [4.78, 5) is 0. The SMILES string of the molecule is CC(N)Cc1ccn(CCc2ccccc2)c1. The Morgan fingerprint density at radius 3 is 2.59 bits per heavy atom. The Kier molecular flexibility index (Phi) is 3.99. The van der Waals surface area contributed by atoms with E-state index in [-0.39, 0.29) is 6.04 Å². The summed E-state index contributed by atoms with van der Waals surface area (Å²) in [7, 11) is 0. The Labute approximate surface area is 103 Å². The Morgan fingerprint density at radius 1 is 1.12 bits per heavy atom. The highest BCUT2D eigenvalue weighted by atomic mass is 14.9. The lowest BCUT2D eigenvalue weighted by molar-refractivity contribution is 0.691. The van der Waals surface area contributed by atoms with Crippen molar-refractivity contribution in [2.75, 3.05) is 0 Å². The number of nitrogens with two attached hydrogens (primary N) is 1. The van der Waals surface area contributed by atoms with Crippen LogP contribution in [0.3, 0.4) is 0 Å². The zero-order chi connectivity index (χ0) is 12.1. The summed E-state index contributed by atoms with van der Waals surface area (Å²) < 4.78 is 2.24. The molecule has 2 N–H and O–H groups in total. The first-order valence-electron chi connectivity index (χ1n) is 6.18. The van der Waals surface area contributed by atoms with Crippen LogP contribution in [0, 0.1) is 0 Å². The summed E-state index contributed by atoms with van der Waals surface area (Å²) in [5, 5.41) is 0. The highest BCUT2D eigenvalue weighted by Gasteiger charge is 2.00. The molecule has 1 aromatic heterocycles. The molecule has 2 nitrogen and oxygen atoms in total. The molecule has 2 aromatic rings. The van der Waals surface area contributed by atoms with E-state index in [4.69, 9.17) is 5.73 Å². The predicted octanol–water partition coefficient (Wildman–Crippen LogP) is 2.62. The van der Waals surface area contributed by atoms with Crippen LogP contribution in [-0.2, 0) is 19.4 Å². The first-order chi connectivity index (χ1) is 8.24. The number of aromatic nitrogens is 1. The van der Waals surface area contributed by atoms with Crippen LogP contribution in [0.1, 0.15) is 18.1 Å². The molecule has 17 heavy (non-hydrogen) atoms. The second-order valence-corrected chi connectivity index (χ2v) is 4.67. The summed E-state index contributed by atoms with van der Waals surface area (Å²) in [6.07, 6.45) is 6.37. The Balaban J connectivity index is 1.89. The van der Waals surface area contributed by atoms with Gasteiger partial charge < -0.3 is 10.3 Å². The van der Waals surface area contributed by atoms with Crippen molar-refractivity contribution >= 4 is 0 Å². The van der Waals surface area contributed by atoms with Gasteiger partial charge in [-0.15, -0.1) is 0 Å². The molecule has 0 radical (unpaired) electrons. The second-order valence-electron chi connectivity index (χ2n) is 4.67. The van der Waals surface area contributed by atoms with Crippen molar-refractivity contribution in [2.24, 2.45) is 5.73 Å². The number of aryl methyl sites for hydroxylation is 2. The van der Waals surface area contributed by atoms with Crippen LogP contribution in [0.15, 0.2) is 48.8 Å². The van der Waals surface area contributed by atoms with E-state index >= 15 is 0 Å². The maximum Gasteiger partial charge on any atom is 0.0260 e. The molecule has 0 aliphatic carbocycles. The van der Waals surface area contributed by atoms with Gasteiger partial charge in [-0.3, -0.25) is 0 Å². The molecular weight excluding hydrogens is 208 g/mol. The van der Waals surface area contributed by atoms with Crippen molar-refractivity contribution in [1.82, 2.24) is 4.57 Å². The molecule has 0 saturated carbocycles. The topological polar surface area (TPSA) is 30.9 Å². The molecule has 2 rings (SSSR count). The lowest BCUT2D eigenvalue weighted by atomic mass is 10.1. The number of benzene rings is 1. The molecule has 0 aliphatic heterocycles. The van der Waals surface area contributed by atoms with E-state index in [0.29, 0.717) is 0 Å². The minimum atomic E-state index is 0.236. The molecule has 1 atom stereocenters. The van der Waals surface area contributed by atoms with Gasteiger partial charge in [0.05, 0.1) is 0 Å². The van der Waals surface area contributed by atoms with Crippen molar-refractivity contribution < 1.29 is 0 Å². The average Bonchev–Trinajstić information content (AvgIpc) is 2.75. The van der Waals surface area contributed by atoms with Crippen LogP contribution in [-0.4, -0.2) is 10.6 Å². The third-order valence-corrected chi connectivity index (χ3v) is 2.87. The van der Waals surface area contributed by atoms with Gasteiger partial charge in [0.1, 0.15) is 0 Å². The first kappa shape index (κ1) is 11.9. The minimum Gasteiger partial charge on any atom is -0.354 e. The maximum atomic E-state index is 5.79. The molecule has 90 valence electrons. The largest absolute Gasteiger partial charge is 0.354 e. The van der Waals surface area contributed by atoms with Crippen LogP contribution < -0.4 is 5.73 Å². The maximum absolute atomic E-state index is 5.79. The van der Waals surface area contributed by atoms with Gasteiger partial charge in [-0.25, -0.2) is 0 Å². The van der Waals surface area contributed by atoms with E-state index in [2.05, 4.69) is 53.4 Å². The van der Waals surface area contributed by atoms with Crippen molar-refractivity contribution in [3.8, 4) is 0 Å². The molecule has 0 aliphatic rings. The summed E-state index contributed by atoms with van der Waals surface area (Å²) in [5.41, 5.74) is 8.50. The molecule has 1 unspecified atom stereocenters. The lowest BCUT2D eigenvalue weighted by Crippen LogP contribution is -2.17. The van der Waals surface area contributed by atoms with Gasteiger partial charge in [0, 0.05) is 25.0 Å². The average molecular weight is 228 g/mol. The van der Waals surface area contributed by atoms with E-state index in [9.17, 15) is 0 Å². The fraction of sp³-hybridized carbons (Fsp3) is 0.333. The lowest BCUT2D eigenvalue weighted by Gasteiger charge is -2.04. The minimum absolute atomic E-state index is 0.236. The number of hydrogen-bond acceptors (Lipinski definition) is 1. The molecule has 0 bridgehead atoms. The van der Waals surface area contributed by atoms with Crippen LogP contribution in [0.4, 0.5) is 0 Å². The highest BCUT2D eigenvalue weighted by Crippen LogP contribution is 2.06. The number of hydrogen-bond donors (Lipinski definition) is 1. The van der Waals surface area contributed by atoms with Gasteiger partial charge in [-0.1, -0.05) is 30.3 Å². The molecule has 1 heterocycles. The quantitative estimate of drug-likeness (QED) is 0.838. The van der Waals surface area contributed by atoms with E-state index in [1.54, 1.807) is 0 Å². The van der Waals surface area contributed by atoms with Crippen molar-refractivity contribution in [1.29, 1.82) is 0 Å². The molecule has 0 saturated heterocycles. The van der Waals surface area contributed by atoms with Gasteiger partial charge in [-0.05, 0) is 37.0 Å². The Hall–Kier alpha value is -1.54. The van der Waals surface area contributed by atoms with Crippen molar-refractivity contribution in [3.05, 3.63) is 59.9 Å². The number of rotatable bonds is 5. The molecule has 1 aromatic carbocycles. The predicted molar refractivity (Wildman–Crippen MR) is 71.9 cm³/mol. The van der Waals surface area contributed by atoms with Gasteiger partial charge >= 0.3 is 0 Å². The van der Waals surface area contributed by atoms with E-state index in [1.807, 2.05) is 6.92 Å². The summed E-state index contributed by atoms with van der Waals surface area (Å²) in [6, 6.07) is 13.0. The monoisotopic (exact) mass is 228 g/mol. The van der Waals surface area contributed by atoms with Crippen LogP contribution in [0.25, 0.3) is 0 Å². The molecule has 0 spiro atoms. The summed E-state index contributed by atoms with van der Waals surface area (Å²) in [5.74, 6) is 0. The zero-order valence-corrected chi connectivity index (χ0v) is 10.3. The standard InChI is InChI=1S/C15H20N2/c1-13(16)11-15-8-10-17(12-15)9-7-14-5-3-2-4-6-14/h2-6,8,10,12-13H,7,9,11,16H2,1H3. The van der Waals surface area contributed by atoms with Gasteiger partial charge in [0.15, 0.2) is 0 Å². The zero-order valence-electron chi connectivity index (χ0n) is 10.3. The Morgan fingerprint density at radius 2 is 1.88 bits per heavy atom. The highest BCUT2D eigenvalue weighted by molar-refractivity contribution is 5.15. The molecule has 2 heteroatoms. The van der Waals surface area contributed by atoms with Crippen molar-refractivity contribution in [2.45, 2.75) is 32.4 Å². The molecule has 0 fully saturated rings. The second kappa shape index (κ2) is 5.69. The van der Waals surface area contributed by atoms with Gasteiger partial charge in [0.25, 0.3) is 0 Å². The van der Waals surface area contributed by atoms with Gasteiger partial charge in [0.2, 0.25) is 0 Å². The fourth-order valence-electron chi connectivity index (χ4n) is 2.03. The van der Waals surface area contributed by atoms with Crippen molar-refractivity contribution in [3.63, 3.8) is 0 Å². The first-order valence-corrected chi connectivity index (χ1v) is 6.18.